The molecule has 0 spiro atoms. The van der Waals surface area contributed by atoms with E-state index in [1.165, 1.54) is 17.0 Å². The van der Waals surface area contributed by atoms with E-state index in [1.807, 2.05) is 0 Å². The Labute approximate surface area is 183 Å². The fraction of sp³-hybridized carbons (Fsp3) is 0.364. The first-order valence-electron chi connectivity index (χ1n) is 10.5. The van der Waals surface area contributed by atoms with E-state index in [2.05, 4.69) is 10.2 Å². The van der Waals surface area contributed by atoms with Crippen LogP contribution in [0.2, 0.25) is 0 Å². The molecule has 1 aromatic carbocycles. The lowest BCUT2D eigenvalue weighted by atomic mass is 10.1. The second kappa shape index (κ2) is 9.13. The monoisotopic (exact) mass is 437 g/mol. The Morgan fingerprint density at radius 2 is 1.53 bits per heavy atom. The summed E-state index contributed by atoms with van der Waals surface area (Å²) in [4.78, 5) is 65.7. The molecule has 4 rings (SSSR count). The molecule has 2 aliphatic heterocycles. The average Bonchev–Trinajstić information content (AvgIpc) is 2.96. The van der Waals surface area contributed by atoms with Crippen LogP contribution in [-0.4, -0.2) is 81.2 Å². The third-order valence-electron chi connectivity index (χ3n) is 5.68. The van der Waals surface area contributed by atoms with E-state index in [9.17, 15) is 24.0 Å². The average molecular weight is 437 g/mol. The second-order valence-electron chi connectivity index (χ2n) is 7.74. The quantitative estimate of drug-likeness (QED) is 0.680. The molecule has 0 bridgehead atoms. The van der Waals surface area contributed by atoms with Gasteiger partial charge >= 0.3 is 0 Å². The van der Waals surface area contributed by atoms with Gasteiger partial charge in [0, 0.05) is 45.2 Å². The molecular weight excluding hydrogens is 414 g/mol. The van der Waals surface area contributed by atoms with Gasteiger partial charge in [-0.2, -0.15) is 5.10 Å². The van der Waals surface area contributed by atoms with Crippen molar-refractivity contribution in [3.8, 4) is 0 Å². The number of carbonyl (C=O) groups is 4. The molecule has 2 aliphatic rings. The Hall–Kier alpha value is -3.82. The molecule has 10 nitrogen and oxygen atoms in total. The Morgan fingerprint density at radius 3 is 2.19 bits per heavy atom. The summed E-state index contributed by atoms with van der Waals surface area (Å²) in [5.74, 6) is -1.00. The van der Waals surface area contributed by atoms with Crippen molar-refractivity contribution in [2.24, 2.45) is 0 Å². The molecule has 1 N–H and O–H groups in total. The second-order valence-corrected chi connectivity index (χ2v) is 7.74. The van der Waals surface area contributed by atoms with Crippen molar-refractivity contribution >= 4 is 23.6 Å². The first kappa shape index (κ1) is 21.4. The molecule has 0 unspecified atom stereocenters. The predicted molar refractivity (Wildman–Crippen MR) is 113 cm³/mol. The van der Waals surface area contributed by atoms with E-state index >= 15 is 0 Å². The van der Waals surface area contributed by atoms with Crippen LogP contribution in [0.4, 0.5) is 0 Å². The third-order valence-corrected chi connectivity index (χ3v) is 5.68. The maximum Gasteiger partial charge on any atom is 0.274 e. The largest absolute Gasteiger partial charge is 0.341 e. The van der Waals surface area contributed by atoms with Crippen molar-refractivity contribution in [2.75, 3.05) is 32.7 Å². The summed E-state index contributed by atoms with van der Waals surface area (Å²) in [5, 5.41) is 6.03. The number of fused-ring (bicyclic) bond motifs is 1. The highest BCUT2D eigenvalue weighted by Crippen LogP contribution is 2.22. The van der Waals surface area contributed by atoms with Gasteiger partial charge in [0.25, 0.3) is 23.3 Å². The van der Waals surface area contributed by atoms with Gasteiger partial charge in [-0.05, 0) is 31.0 Å². The fourth-order valence-corrected chi connectivity index (χ4v) is 3.98. The number of nitrogens with one attached hydrogen (secondary N) is 1. The molecule has 1 fully saturated rings. The first-order chi connectivity index (χ1) is 15.5. The number of aromatic amines is 1. The van der Waals surface area contributed by atoms with Gasteiger partial charge in [0.1, 0.15) is 5.69 Å². The molecular formula is C22H23N5O5. The van der Waals surface area contributed by atoms with Crippen molar-refractivity contribution in [1.82, 2.24) is 24.9 Å². The third kappa shape index (κ3) is 4.29. The molecule has 0 aliphatic carbocycles. The summed E-state index contributed by atoms with van der Waals surface area (Å²) in [7, 11) is 0. The zero-order chi connectivity index (χ0) is 22.7. The first-order valence-corrected chi connectivity index (χ1v) is 10.5. The van der Waals surface area contributed by atoms with E-state index in [4.69, 9.17) is 0 Å². The maximum absolute atomic E-state index is 12.7. The Morgan fingerprint density at radius 1 is 0.875 bits per heavy atom. The Bertz CT molecular complexity index is 1070. The standard InChI is InChI=1S/C22H23N5O5/c28-18-9-8-17(23-24-18)22(32)26-11-4-10-25(13-14-26)19(29)7-3-12-27-20(30)15-5-1-2-6-16(15)21(27)31/h1-2,5-6,8-9H,3-4,7,10-14H2,(H,24,28). The molecule has 0 saturated carbocycles. The lowest BCUT2D eigenvalue weighted by Gasteiger charge is -2.22. The van der Waals surface area contributed by atoms with Gasteiger partial charge in [0.05, 0.1) is 11.1 Å². The number of aromatic nitrogens is 2. The van der Waals surface area contributed by atoms with E-state index in [0.717, 1.165) is 0 Å². The van der Waals surface area contributed by atoms with Crippen LogP contribution in [0.3, 0.4) is 0 Å². The van der Waals surface area contributed by atoms with Crippen LogP contribution < -0.4 is 5.56 Å². The van der Waals surface area contributed by atoms with Crippen molar-refractivity contribution in [2.45, 2.75) is 19.3 Å². The summed E-state index contributed by atoms with van der Waals surface area (Å²) in [5.41, 5.74) is 0.580. The minimum absolute atomic E-state index is 0.0712. The predicted octanol–water partition coefficient (Wildman–Crippen LogP) is 0.521. The summed E-state index contributed by atoms with van der Waals surface area (Å²) in [6.07, 6.45) is 1.22. The SMILES string of the molecule is O=C(CCCN1C(=O)c2ccccc2C1=O)N1CCCN(C(=O)c2ccc(=O)[nH]n2)CC1. The lowest BCUT2D eigenvalue weighted by molar-refractivity contribution is -0.131. The number of hydrogen-bond donors (Lipinski definition) is 1. The van der Waals surface area contributed by atoms with Crippen LogP contribution in [0, 0.1) is 0 Å². The van der Waals surface area contributed by atoms with Gasteiger partial charge in [-0.1, -0.05) is 12.1 Å². The van der Waals surface area contributed by atoms with Crippen molar-refractivity contribution in [3.63, 3.8) is 0 Å². The number of H-pyrrole nitrogens is 1. The molecule has 32 heavy (non-hydrogen) atoms. The Kier molecular flexibility index (Phi) is 6.11. The highest BCUT2D eigenvalue weighted by Gasteiger charge is 2.34. The van der Waals surface area contributed by atoms with Gasteiger partial charge in [-0.25, -0.2) is 5.10 Å². The van der Waals surface area contributed by atoms with E-state index in [1.54, 1.807) is 34.1 Å². The number of carbonyl (C=O) groups excluding carboxylic acids is 4. The highest BCUT2D eigenvalue weighted by molar-refractivity contribution is 6.21. The number of benzene rings is 1. The summed E-state index contributed by atoms with van der Waals surface area (Å²) in [6, 6.07) is 9.34. The number of hydrogen-bond acceptors (Lipinski definition) is 6. The molecule has 0 radical (unpaired) electrons. The zero-order valence-corrected chi connectivity index (χ0v) is 17.5. The van der Waals surface area contributed by atoms with Gasteiger partial charge in [-0.3, -0.25) is 28.9 Å². The molecule has 166 valence electrons. The van der Waals surface area contributed by atoms with Crippen LogP contribution in [0.1, 0.15) is 50.5 Å². The van der Waals surface area contributed by atoms with Gasteiger partial charge in [0.2, 0.25) is 5.91 Å². The molecule has 3 heterocycles. The van der Waals surface area contributed by atoms with E-state index < -0.39 is 0 Å². The van der Waals surface area contributed by atoms with Crippen LogP contribution in [0.15, 0.2) is 41.2 Å². The zero-order valence-electron chi connectivity index (χ0n) is 17.5. The molecule has 1 saturated heterocycles. The molecule has 0 atom stereocenters. The molecule has 10 heteroatoms. The van der Waals surface area contributed by atoms with Crippen molar-refractivity contribution < 1.29 is 19.2 Å². The topological polar surface area (TPSA) is 124 Å². The van der Waals surface area contributed by atoms with Gasteiger partial charge in [0.15, 0.2) is 0 Å². The number of nitrogens with zero attached hydrogens (tertiary/aromatic N) is 4. The minimum Gasteiger partial charge on any atom is -0.341 e. The highest BCUT2D eigenvalue weighted by atomic mass is 16.2. The molecule has 4 amide bonds. The number of amides is 4. The van der Waals surface area contributed by atoms with Crippen LogP contribution in [-0.2, 0) is 4.79 Å². The fourth-order valence-electron chi connectivity index (χ4n) is 3.98. The van der Waals surface area contributed by atoms with Gasteiger partial charge in [-0.15, -0.1) is 0 Å². The van der Waals surface area contributed by atoms with Crippen LogP contribution in [0.5, 0.6) is 0 Å². The van der Waals surface area contributed by atoms with E-state index in [-0.39, 0.29) is 47.8 Å². The smallest absolute Gasteiger partial charge is 0.274 e. The lowest BCUT2D eigenvalue weighted by Crippen LogP contribution is -2.38. The van der Waals surface area contributed by atoms with Crippen LogP contribution >= 0.6 is 0 Å². The molecule has 1 aromatic heterocycles. The minimum atomic E-state index is -0.379. The summed E-state index contributed by atoms with van der Waals surface area (Å²) in [6.45, 7) is 1.95. The summed E-state index contributed by atoms with van der Waals surface area (Å²) >= 11 is 0. The number of imide groups is 1. The van der Waals surface area contributed by atoms with Crippen molar-refractivity contribution in [1.29, 1.82) is 0 Å². The summed E-state index contributed by atoms with van der Waals surface area (Å²) < 4.78 is 0. The van der Waals surface area contributed by atoms with Crippen LogP contribution in [0.25, 0.3) is 0 Å². The Balaban J connectivity index is 1.27. The normalized spacial score (nSPS) is 16.2. The maximum atomic E-state index is 12.7. The van der Waals surface area contributed by atoms with Crippen molar-refractivity contribution in [3.05, 3.63) is 63.6 Å². The van der Waals surface area contributed by atoms with E-state index in [0.29, 0.717) is 50.1 Å². The number of rotatable bonds is 5. The van der Waals surface area contributed by atoms with Gasteiger partial charge < -0.3 is 9.80 Å². The molecule has 2 aromatic rings.